The first kappa shape index (κ1) is 14.3. The number of halogens is 1. The van der Waals surface area contributed by atoms with Crippen LogP contribution < -0.4 is 10.1 Å². The summed E-state index contributed by atoms with van der Waals surface area (Å²) in [6, 6.07) is 7.60. The van der Waals surface area contributed by atoms with E-state index in [9.17, 15) is 4.79 Å². The van der Waals surface area contributed by atoms with Gasteiger partial charge in [-0.25, -0.2) is 0 Å². The third kappa shape index (κ3) is 4.21. The fourth-order valence-electron chi connectivity index (χ4n) is 1.96. The Morgan fingerprint density at radius 3 is 3.00 bits per heavy atom. The number of rotatable bonds is 4. The van der Waals surface area contributed by atoms with E-state index in [1.165, 1.54) is 0 Å². The average molecular weight is 328 g/mol. The molecule has 0 unspecified atom stereocenters. The molecule has 0 radical (unpaired) electrons. The monoisotopic (exact) mass is 327 g/mol. The summed E-state index contributed by atoms with van der Waals surface area (Å²) in [6.07, 6.45) is 1.43. The fourth-order valence-corrected chi connectivity index (χ4v) is 2.34. The lowest BCUT2D eigenvalue weighted by atomic mass is 10.1. The molecule has 5 heteroatoms. The summed E-state index contributed by atoms with van der Waals surface area (Å²) in [4.78, 5) is 12.0. The van der Waals surface area contributed by atoms with Crippen LogP contribution in [0.5, 0.6) is 5.75 Å². The number of amides is 1. The molecule has 0 bridgehead atoms. The zero-order chi connectivity index (χ0) is 13.7. The first-order valence-electron chi connectivity index (χ1n) is 6.46. The predicted molar refractivity (Wildman–Crippen MR) is 76.2 cm³/mol. The van der Waals surface area contributed by atoms with Crippen molar-refractivity contribution >= 4 is 21.8 Å². The number of carbonyl (C=O) groups is 1. The van der Waals surface area contributed by atoms with E-state index in [4.69, 9.17) is 9.47 Å². The summed E-state index contributed by atoms with van der Waals surface area (Å²) >= 11 is 3.40. The zero-order valence-corrected chi connectivity index (χ0v) is 12.5. The second-order valence-electron chi connectivity index (χ2n) is 4.61. The molecular formula is C14H18BrNO3. The molecule has 1 aliphatic rings. The summed E-state index contributed by atoms with van der Waals surface area (Å²) in [7, 11) is 0. The van der Waals surface area contributed by atoms with Crippen molar-refractivity contribution in [1.82, 2.24) is 5.32 Å². The minimum absolute atomic E-state index is 0.103. The van der Waals surface area contributed by atoms with Gasteiger partial charge in [0.05, 0.1) is 17.1 Å². The van der Waals surface area contributed by atoms with Crippen molar-refractivity contribution in [2.24, 2.45) is 0 Å². The molecule has 0 aromatic heterocycles. The lowest BCUT2D eigenvalue weighted by molar-refractivity contribution is -0.128. The minimum atomic E-state index is -0.527. The van der Waals surface area contributed by atoms with Crippen molar-refractivity contribution in [3.8, 4) is 5.75 Å². The van der Waals surface area contributed by atoms with Gasteiger partial charge in [-0.05, 0) is 47.8 Å². The van der Waals surface area contributed by atoms with E-state index in [2.05, 4.69) is 21.2 Å². The molecule has 1 aromatic carbocycles. The van der Waals surface area contributed by atoms with Gasteiger partial charge in [-0.2, -0.15) is 0 Å². The zero-order valence-electron chi connectivity index (χ0n) is 10.9. The van der Waals surface area contributed by atoms with Crippen LogP contribution in [0, 0.1) is 0 Å². The molecule has 1 aromatic rings. The molecule has 104 valence electrons. The average Bonchev–Trinajstić information content (AvgIpc) is 2.42. The summed E-state index contributed by atoms with van der Waals surface area (Å²) in [6.45, 7) is 3.13. The molecule has 19 heavy (non-hydrogen) atoms. The highest BCUT2D eigenvalue weighted by atomic mass is 79.9. The van der Waals surface area contributed by atoms with Crippen LogP contribution in [0.3, 0.4) is 0 Å². The van der Waals surface area contributed by atoms with Gasteiger partial charge < -0.3 is 14.8 Å². The van der Waals surface area contributed by atoms with Gasteiger partial charge in [-0.1, -0.05) is 12.1 Å². The molecule has 4 nitrogen and oxygen atoms in total. The maximum atomic E-state index is 12.0. The molecule has 0 aliphatic carbocycles. The molecule has 1 aliphatic heterocycles. The van der Waals surface area contributed by atoms with Gasteiger partial charge in [0.15, 0.2) is 6.10 Å². The SMILES string of the molecule is C[C@@H](Oc1ccccc1Br)C(=O)N[C@H]1CCCOC1. The van der Waals surface area contributed by atoms with Crippen molar-refractivity contribution in [3.05, 3.63) is 28.7 Å². The molecule has 0 spiro atoms. The highest BCUT2D eigenvalue weighted by molar-refractivity contribution is 9.10. The molecule has 1 N–H and O–H groups in total. The molecule has 2 rings (SSSR count). The smallest absolute Gasteiger partial charge is 0.261 e. The Kier molecular flexibility index (Phi) is 5.22. The quantitative estimate of drug-likeness (QED) is 0.924. The Bertz CT molecular complexity index is 432. The number of para-hydroxylation sites is 1. The lowest BCUT2D eigenvalue weighted by Gasteiger charge is -2.25. The summed E-state index contributed by atoms with van der Waals surface area (Å²) in [5.41, 5.74) is 0. The van der Waals surface area contributed by atoms with Crippen LogP contribution in [0.25, 0.3) is 0 Å². The Hall–Kier alpha value is -1.07. The van der Waals surface area contributed by atoms with Gasteiger partial charge in [-0.3, -0.25) is 4.79 Å². The predicted octanol–water partition coefficient (Wildman–Crippen LogP) is 2.51. The third-order valence-electron chi connectivity index (χ3n) is 3.02. The van der Waals surface area contributed by atoms with Gasteiger partial charge >= 0.3 is 0 Å². The largest absolute Gasteiger partial charge is 0.480 e. The summed E-state index contributed by atoms with van der Waals surface area (Å²) < 4.78 is 11.8. The Morgan fingerprint density at radius 1 is 1.53 bits per heavy atom. The second-order valence-corrected chi connectivity index (χ2v) is 5.47. The molecule has 0 saturated carbocycles. The van der Waals surface area contributed by atoms with Crippen molar-refractivity contribution in [2.45, 2.75) is 31.9 Å². The first-order chi connectivity index (χ1) is 9.16. The van der Waals surface area contributed by atoms with Crippen molar-refractivity contribution in [2.75, 3.05) is 13.2 Å². The van der Waals surface area contributed by atoms with Crippen molar-refractivity contribution in [3.63, 3.8) is 0 Å². The first-order valence-corrected chi connectivity index (χ1v) is 7.25. The number of benzene rings is 1. The Labute approximate surface area is 121 Å². The van der Waals surface area contributed by atoms with E-state index in [1.54, 1.807) is 6.92 Å². The van der Waals surface area contributed by atoms with Crippen LogP contribution in [0.15, 0.2) is 28.7 Å². The maximum absolute atomic E-state index is 12.0. The van der Waals surface area contributed by atoms with E-state index in [0.29, 0.717) is 12.4 Å². The maximum Gasteiger partial charge on any atom is 0.261 e. The van der Waals surface area contributed by atoms with Gasteiger partial charge in [0.1, 0.15) is 5.75 Å². The van der Waals surface area contributed by atoms with Crippen LogP contribution in [0.1, 0.15) is 19.8 Å². The molecular weight excluding hydrogens is 310 g/mol. The summed E-state index contributed by atoms with van der Waals surface area (Å²) in [5, 5.41) is 2.95. The van der Waals surface area contributed by atoms with Crippen LogP contribution in [-0.4, -0.2) is 31.3 Å². The number of ether oxygens (including phenoxy) is 2. The van der Waals surface area contributed by atoms with Crippen LogP contribution in [0.4, 0.5) is 0 Å². The Balaban J connectivity index is 1.87. The molecule has 1 fully saturated rings. The van der Waals surface area contributed by atoms with E-state index in [1.807, 2.05) is 24.3 Å². The van der Waals surface area contributed by atoms with Crippen LogP contribution >= 0.6 is 15.9 Å². The topological polar surface area (TPSA) is 47.6 Å². The molecule has 1 saturated heterocycles. The van der Waals surface area contributed by atoms with Crippen LogP contribution in [-0.2, 0) is 9.53 Å². The van der Waals surface area contributed by atoms with E-state index in [0.717, 1.165) is 23.9 Å². The molecule has 2 atom stereocenters. The lowest BCUT2D eigenvalue weighted by Crippen LogP contribution is -2.46. The number of hydrogen-bond donors (Lipinski definition) is 1. The van der Waals surface area contributed by atoms with E-state index < -0.39 is 6.10 Å². The number of carbonyl (C=O) groups excluding carboxylic acids is 1. The van der Waals surface area contributed by atoms with Crippen molar-refractivity contribution < 1.29 is 14.3 Å². The van der Waals surface area contributed by atoms with Gasteiger partial charge in [-0.15, -0.1) is 0 Å². The number of hydrogen-bond acceptors (Lipinski definition) is 3. The van der Waals surface area contributed by atoms with Gasteiger partial charge in [0.25, 0.3) is 5.91 Å². The van der Waals surface area contributed by atoms with Crippen molar-refractivity contribution in [1.29, 1.82) is 0 Å². The highest BCUT2D eigenvalue weighted by Gasteiger charge is 2.21. The van der Waals surface area contributed by atoms with Gasteiger partial charge in [0, 0.05) is 6.61 Å². The second kappa shape index (κ2) is 6.91. The number of nitrogens with one attached hydrogen (secondary N) is 1. The minimum Gasteiger partial charge on any atom is -0.480 e. The normalized spacial score (nSPS) is 20.6. The van der Waals surface area contributed by atoms with E-state index in [-0.39, 0.29) is 11.9 Å². The summed E-state index contributed by atoms with van der Waals surface area (Å²) in [5.74, 6) is 0.566. The fraction of sp³-hybridized carbons (Fsp3) is 0.500. The highest BCUT2D eigenvalue weighted by Crippen LogP contribution is 2.24. The van der Waals surface area contributed by atoms with Gasteiger partial charge in [0.2, 0.25) is 0 Å². The molecule has 1 heterocycles. The molecule has 1 amide bonds. The van der Waals surface area contributed by atoms with E-state index >= 15 is 0 Å². The third-order valence-corrected chi connectivity index (χ3v) is 3.67. The van der Waals surface area contributed by atoms with Crippen LogP contribution in [0.2, 0.25) is 0 Å². The standard InChI is InChI=1S/C14H18BrNO3/c1-10(19-13-7-3-2-6-12(13)15)14(17)16-11-5-4-8-18-9-11/h2-3,6-7,10-11H,4-5,8-9H2,1H3,(H,16,17)/t10-,11+/m1/s1. The Morgan fingerprint density at radius 2 is 2.32 bits per heavy atom.